The van der Waals surface area contributed by atoms with Crippen LogP contribution in [0.4, 0.5) is 0 Å². The second-order valence-electron chi connectivity index (χ2n) is 4.65. The van der Waals surface area contributed by atoms with Gasteiger partial charge in [-0.1, -0.05) is 12.1 Å². The molecule has 0 aliphatic carbocycles. The lowest BCUT2D eigenvalue weighted by Gasteiger charge is -2.09. The molecule has 0 saturated carbocycles. The van der Waals surface area contributed by atoms with E-state index in [1.807, 2.05) is 26.0 Å². The molecule has 1 aromatic carbocycles. The summed E-state index contributed by atoms with van der Waals surface area (Å²) < 4.78 is 5.71. The normalized spacial score (nSPS) is 10.3. The number of carbonyl (C=O) groups is 1. The number of unbranched alkanes of at least 4 members (excludes halogenated alkanes) is 1. The topological polar surface area (TPSA) is 58.6 Å². The summed E-state index contributed by atoms with van der Waals surface area (Å²) in [5.74, 6) is 0.908. The lowest BCUT2D eigenvalue weighted by atomic mass is 10.1. The number of hydrogen-bond acceptors (Lipinski definition) is 3. The zero-order valence-electron chi connectivity index (χ0n) is 11.7. The van der Waals surface area contributed by atoms with Gasteiger partial charge >= 0.3 is 0 Å². The Balaban J connectivity index is 2.17. The first-order valence-corrected chi connectivity index (χ1v) is 6.71. The minimum absolute atomic E-state index is 0.0124. The van der Waals surface area contributed by atoms with Crippen molar-refractivity contribution in [1.82, 2.24) is 5.32 Å². The number of amides is 1. The summed E-state index contributed by atoms with van der Waals surface area (Å²) in [6.45, 7) is 5.01. The van der Waals surface area contributed by atoms with Gasteiger partial charge in [0.05, 0.1) is 13.2 Å². The van der Waals surface area contributed by atoms with Crippen LogP contribution in [0.5, 0.6) is 5.75 Å². The standard InChI is InChI=1S/C15H23NO3/c1-12-6-7-13(2)14(11-12)19-10-4-3-5-15(18)16-8-9-17/h6-7,11,17H,3-5,8-10H2,1-2H3,(H,16,18). The zero-order valence-corrected chi connectivity index (χ0v) is 11.7. The number of aliphatic hydroxyl groups is 1. The number of aryl methyl sites for hydroxylation is 2. The van der Waals surface area contributed by atoms with E-state index in [0.717, 1.165) is 24.2 Å². The summed E-state index contributed by atoms with van der Waals surface area (Å²) in [5, 5.41) is 11.2. The molecule has 2 N–H and O–H groups in total. The molecular weight excluding hydrogens is 242 g/mol. The third-order valence-corrected chi connectivity index (χ3v) is 2.83. The van der Waals surface area contributed by atoms with Crippen LogP contribution in [0.2, 0.25) is 0 Å². The largest absolute Gasteiger partial charge is 0.493 e. The van der Waals surface area contributed by atoms with Crippen molar-refractivity contribution in [2.45, 2.75) is 33.1 Å². The first kappa shape index (κ1) is 15.5. The van der Waals surface area contributed by atoms with E-state index in [9.17, 15) is 4.79 Å². The van der Waals surface area contributed by atoms with Gasteiger partial charge in [0.2, 0.25) is 5.91 Å². The van der Waals surface area contributed by atoms with Gasteiger partial charge in [-0.25, -0.2) is 0 Å². The predicted octanol–water partition coefficient (Wildman–Crippen LogP) is 1.96. The first-order chi connectivity index (χ1) is 9.13. The van der Waals surface area contributed by atoms with Gasteiger partial charge in [-0.2, -0.15) is 0 Å². The molecule has 0 heterocycles. The number of carbonyl (C=O) groups excluding carboxylic acids is 1. The molecule has 4 heteroatoms. The van der Waals surface area contributed by atoms with Crippen molar-refractivity contribution in [3.8, 4) is 5.75 Å². The Morgan fingerprint density at radius 3 is 2.84 bits per heavy atom. The SMILES string of the molecule is Cc1ccc(C)c(OCCCCC(=O)NCCO)c1. The first-order valence-electron chi connectivity index (χ1n) is 6.71. The minimum atomic E-state index is -0.0132. The molecule has 0 aromatic heterocycles. The molecule has 4 nitrogen and oxygen atoms in total. The molecule has 0 atom stereocenters. The molecule has 1 rings (SSSR count). The van der Waals surface area contributed by atoms with Gasteiger partial charge in [0.15, 0.2) is 0 Å². The molecule has 1 amide bonds. The van der Waals surface area contributed by atoms with Crippen LogP contribution in [0.3, 0.4) is 0 Å². The average molecular weight is 265 g/mol. The van der Waals surface area contributed by atoms with Crippen LogP contribution in [-0.4, -0.2) is 30.8 Å². The fourth-order valence-corrected chi connectivity index (χ4v) is 1.72. The Hall–Kier alpha value is -1.55. The van der Waals surface area contributed by atoms with E-state index in [1.54, 1.807) is 0 Å². The Morgan fingerprint density at radius 2 is 2.11 bits per heavy atom. The highest BCUT2D eigenvalue weighted by Crippen LogP contribution is 2.19. The van der Waals surface area contributed by atoms with Crippen LogP contribution < -0.4 is 10.1 Å². The molecule has 1 aromatic rings. The summed E-state index contributed by atoms with van der Waals surface area (Å²) in [4.78, 5) is 11.3. The van der Waals surface area contributed by atoms with Crippen molar-refractivity contribution in [3.63, 3.8) is 0 Å². The molecule has 0 aliphatic rings. The number of rotatable bonds is 8. The highest BCUT2D eigenvalue weighted by molar-refractivity contribution is 5.75. The molecule has 0 radical (unpaired) electrons. The fourth-order valence-electron chi connectivity index (χ4n) is 1.72. The van der Waals surface area contributed by atoms with Gasteiger partial charge in [-0.3, -0.25) is 4.79 Å². The lowest BCUT2D eigenvalue weighted by Crippen LogP contribution is -2.26. The smallest absolute Gasteiger partial charge is 0.220 e. The summed E-state index contributed by atoms with van der Waals surface area (Å²) in [7, 11) is 0. The second-order valence-corrected chi connectivity index (χ2v) is 4.65. The minimum Gasteiger partial charge on any atom is -0.493 e. The molecule has 0 saturated heterocycles. The quantitative estimate of drug-likeness (QED) is 0.706. The maximum Gasteiger partial charge on any atom is 0.220 e. The number of hydrogen-bond donors (Lipinski definition) is 2. The molecule has 0 fully saturated rings. The highest BCUT2D eigenvalue weighted by Gasteiger charge is 2.02. The predicted molar refractivity (Wildman–Crippen MR) is 75.4 cm³/mol. The fraction of sp³-hybridized carbons (Fsp3) is 0.533. The molecule has 0 unspecified atom stereocenters. The Labute approximate surface area is 114 Å². The summed E-state index contributed by atoms with van der Waals surface area (Å²) in [5.41, 5.74) is 2.32. The van der Waals surface area contributed by atoms with E-state index in [4.69, 9.17) is 9.84 Å². The van der Waals surface area contributed by atoms with E-state index in [0.29, 0.717) is 19.6 Å². The average Bonchev–Trinajstić information content (AvgIpc) is 2.39. The summed E-state index contributed by atoms with van der Waals surface area (Å²) >= 11 is 0. The molecule has 106 valence electrons. The van der Waals surface area contributed by atoms with E-state index >= 15 is 0 Å². The van der Waals surface area contributed by atoms with Crippen LogP contribution in [0.1, 0.15) is 30.4 Å². The maximum atomic E-state index is 11.3. The number of aliphatic hydroxyl groups excluding tert-OH is 1. The van der Waals surface area contributed by atoms with E-state index in [1.165, 1.54) is 5.56 Å². The third-order valence-electron chi connectivity index (χ3n) is 2.83. The van der Waals surface area contributed by atoms with Crippen molar-refractivity contribution in [3.05, 3.63) is 29.3 Å². The Morgan fingerprint density at radius 1 is 1.32 bits per heavy atom. The molecule has 0 bridgehead atoms. The highest BCUT2D eigenvalue weighted by atomic mass is 16.5. The Bertz CT molecular complexity index is 404. The van der Waals surface area contributed by atoms with Crippen molar-refractivity contribution in [1.29, 1.82) is 0 Å². The third kappa shape index (κ3) is 6.25. The van der Waals surface area contributed by atoms with Crippen LogP contribution in [0.25, 0.3) is 0 Å². The van der Waals surface area contributed by atoms with Crippen LogP contribution in [0.15, 0.2) is 18.2 Å². The van der Waals surface area contributed by atoms with Gasteiger partial charge in [-0.05, 0) is 43.9 Å². The second kappa shape index (κ2) is 8.53. The molecule has 19 heavy (non-hydrogen) atoms. The summed E-state index contributed by atoms with van der Waals surface area (Å²) in [6, 6.07) is 6.14. The van der Waals surface area contributed by atoms with Gasteiger partial charge < -0.3 is 15.2 Å². The van der Waals surface area contributed by atoms with Gasteiger partial charge in [0, 0.05) is 13.0 Å². The summed E-state index contributed by atoms with van der Waals surface area (Å²) in [6.07, 6.45) is 2.12. The van der Waals surface area contributed by atoms with Crippen LogP contribution >= 0.6 is 0 Å². The monoisotopic (exact) mass is 265 g/mol. The van der Waals surface area contributed by atoms with E-state index in [2.05, 4.69) is 11.4 Å². The number of ether oxygens (including phenoxy) is 1. The van der Waals surface area contributed by atoms with E-state index in [-0.39, 0.29) is 12.5 Å². The zero-order chi connectivity index (χ0) is 14.1. The van der Waals surface area contributed by atoms with Gasteiger partial charge in [0.1, 0.15) is 5.75 Å². The van der Waals surface area contributed by atoms with Crippen LogP contribution in [-0.2, 0) is 4.79 Å². The Kier molecular flexibility index (Phi) is 6.97. The van der Waals surface area contributed by atoms with E-state index < -0.39 is 0 Å². The maximum absolute atomic E-state index is 11.3. The van der Waals surface area contributed by atoms with Crippen molar-refractivity contribution in [2.24, 2.45) is 0 Å². The van der Waals surface area contributed by atoms with Crippen LogP contribution in [0, 0.1) is 13.8 Å². The van der Waals surface area contributed by atoms with Crippen molar-refractivity contribution >= 4 is 5.91 Å². The number of nitrogens with one attached hydrogen (secondary N) is 1. The lowest BCUT2D eigenvalue weighted by molar-refractivity contribution is -0.121. The molecular formula is C15H23NO3. The molecule has 0 spiro atoms. The van der Waals surface area contributed by atoms with Gasteiger partial charge in [0.25, 0.3) is 0 Å². The number of benzene rings is 1. The van der Waals surface area contributed by atoms with Crippen molar-refractivity contribution in [2.75, 3.05) is 19.8 Å². The van der Waals surface area contributed by atoms with Crippen molar-refractivity contribution < 1.29 is 14.6 Å². The van der Waals surface area contributed by atoms with Gasteiger partial charge in [-0.15, -0.1) is 0 Å². The molecule has 0 aliphatic heterocycles.